The summed E-state index contributed by atoms with van der Waals surface area (Å²) in [5.41, 5.74) is 0.539. The summed E-state index contributed by atoms with van der Waals surface area (Å²) in [6.45, 7) is 0. The van der Waals surface area contributed by atoms with E-state index in [0.29, 0.717) is 5.56 Å². The summed E-state index contributed by atoms with van der Waals surface area (Å²) in [7, 11) is 2.99. The first kappa shape index (κ1) is 11.9. The molecule has 0 spiro atoms. The van der Waals surface area contributed by atoms with E-state index in [4.69, 9.17) is 4.74 Å². The van der Waals surface area contributed by atoms with Gasteiger partial charge in [-0.25, -0.2) is 4.79 Å². The number of ether oxygens (including phenoxy) is 2. The normalized spacial score (nSPS) is 10.3. The summed E-state index contributed by atoms with van der Waals surface area (Å²) in [6.07, 6.45) is 0. The van der Waals surface area contributed by atoms with Gasteiger partial charge in [-0.15, -0.1) is 0 Å². The molecule has 0 aliphatic heterocycles. The Hall–Kier alpha value is -1.55. The molecule has 2 aromatic rings. The number of carbonyl (C=O) groups excluding carboxylic acids is 1. The zero-order valence-corrected chi connectivity index (χ0v) is 11.1. The Morgan fingerprint density at radius 2 is 1.94 bits per heavy atom. The maximum atomic E-state index is 11.4. The van der Waals surface area contributed by atoms with Crippen molar-refractivity contribution in [2.75, 3.05) is 14.2 Å². The van der Waals surface area contributed by atoms with Crippen molar-refractivity contribution in [3.63, 3.8) is 0 Å². The van der Waals surface area contributed by atoms with Gasteiger partial charge in [0.05, 0.1) is 24.3 Å². The second-order valence-corrected chi connectivity index (χ2v) is 4.30. The molecule has 0 bridgehead atoms. The van der Waals surface area contributed by atoms with Crippen molar-refractivity contribution in [3.8, 4) is 5.75 Å². The van der Waals surface area contributed by atoms with Gasteiger partial charge in [-0.2, -0.15) is 0 Å². The number of hydrogen-bond acceptors (Lipinski definition) is 3. The molecule has 0 saturated carbocycles. The minimum atomic E-state index is -0.334. The molecule has 0 radical (unpaired) electrons. The molecule has 0 N–H and O–H groups in total. The van der Waals surface area contributed by atoms with Gasteiger partial charge in [-0.05, 0) is 44.9 Å². The summed E-state index contributed by atoms with van der Waals surface area (Å²) < 4.78 is 10.8. The number of methoxy groups -OCH3 is 2. The Morgan fingerprint density at radius 1 is 1.18 bits per heavy atom. The van der Waals surface area contributed by atoms with Crippen molar-refractivity contribution in [2.24, 2.45) is 0 Å². The first-order chi connectivity index (χ1) is 8.17. The van der Waals surface area contributed by atoms with Crippen LogP contribution in [0, 0.1) is 0 Å². The molecule has 0 aliphatic rings. The van der Waals surface area contributed by atoms with Crippen LogP contribution in [-0.2, 0) is 4.74 Å². The van der Waals surface area contributed by atoms with Gasteiger partial charge < -0.3 is 9.47 Å². The van der Waals surface area contributed by atoms with Crippen molar-refractivity contribution in [3.05, 3.63) is 40.4 Å². The van der Waals surface area contributed by atoms with Gasteiger partial charge >= 0.3 is 5.97 Å². The molecule has 0 unspecified atom stereocenters. The van der Waals surface area contributed by atoms with Gasteiger partial charge in [-0.1, -0.05) is 12.1 Å². The molecule has 0 aliphatic carbocycles. The van der Waals surface area contributed by atoms with E-state index in [1.165, 1.54) is 7.11 Å². The van der Waals surface area contributed by atoms with Crippen LogP contribution in [0.3, 0.4) is 0 Å². The molecular formula is C13H11BrO3. The predicted molar refractivity (Wildman–Crippen MR) is 69.5 cm³/mol. The highest BCUT2D eigenvalue weighted by atomic mass is 79.9. The van der Waals surface area contributed by atoms with E-state index in [1.807, 2.05) is 18.2 Å². The van der Waals surface area contributed by atoms with Crippen LogP contribution in [0.25, 0.3) is 10.8 Å². The van der Waals surface area contributed by atoms with Gasteiger partial charge in [0, 0.05) is 0 Å². The molecule has 0 aromatic heterocycles. The number of benzene rings is 2. The average Bonchev–Trinajstić information content (AvgIpc) is 2.38. The van der Waals surface area contributed by atoms with Gasteiger partial charge in [0.25, 0.3) is 0 Å². The van der Waals surface area contributed by atoms with E-state index in [2.05, 4.69) is 20.7 Å². The standard InChI is InChI=1S/C13H11BrO3/c1-16-11-6-4-8-7-9(13(15)17-2)3-5-10(8)12(11)14/h3-7H,1-2H3. The number of fused-ring (bicyclic) bond motifs is 1. The van der Waals surface area contributed by atoms with Crippen LogP contribution in [0.2, 0.25) is 0 Å². The Kier molecular flexibility index (Phi) is 3.33. The summed E-state index contributed by atoms with van der Waals surface area (Å²) in [6, 6.07) is 9.16. The summed E-state index contributed by atoms with van der Waals surface area (Å²) in [5, 5.41) is 1.96. The van der Waals surface area contributed by atoms with Crippen LogP contribution in [0.15, 0.2) is 34.8 Å². The van der Waals surface area contributed by atoms with Crippen LogP contribution in [0.1, 0.15) is 10.4 Å². The van der Waals surface area contributed by atoms with Gasteiger partial charge in [0.1, 0.15) is 5.75 Å². The summed E-state index contributed by atoms with van der Waals surface area (Å²) in [5.74, 6) is 0.433. The van der Waals surface area contributed by atoms with E-state index in [-0.39, 0.29) is 5.97 Å². The van der Waals surface area contributed by atoms with Crippen LogP contribution in [-0.4, -0.2) is 20.2 Å². The van der Waals surface area contributed by atoms with E-state index >= 15 is 0 Å². The fraction of sp³-hybridized carbons (Fsp3) is 0.154. The third-order valence-corrected chi connectivity index (χ3v) is 3.38. The number of esters is 1. The Morgan fingerprint density at radius 3 is 2.59 bits per heavy atom. The minimum Gasteiger partial charge on any atom is -0.496 e. The van der Waals surface area contributed by atoms with Gasteiger partial charge in [-0.3, -0.25) is 0 Å². The molecule has 88 valence electrons. The van der Waals surface area contributed by atoms with Crippen LogP contribution >= 0.6 is 15.9 Å². The molecule has 0 atom stereocenters. The quantitative estimate of drug-likeness (QED) is 0.797. The highest BCUT2D eigenvalue weighted by Gasteiger charge is 2.09. The Balaban J connectivity index is 2.61. The monoisotopic (exact) mass is 294 g/mol. The lowest BCUT2D eigenvalue weighted by Gasteiger charge is -2.07. The van der Waals surface area contributed by atoms with Crippen molar-refractivity contribution in [2.45, 2.75) is 0 Å². The molecule has 0 amide bonds. The molecule has 0 heterocycles. The first-order valence-corrected chi connectivity index (χ1v) is 5.81. The number of rotatable bonds is 2. The average molecular weight is 295 g/mol. The highest BCUT2D eigenvalue weighted by Crippen LogP contribution is 2.33. The number of halogens is 1. The van der Waals surface area contributed by atoms with Crippen molar-refractivity contribution in [1.82, 2.24) is 0 Å². The first-order valence-electron chi connectivity index (χ1n) is 5.02. The van der Waals surface area contributed by atoms with E-state index in [0.717, 1.165) is 21.0 Å². The lowest BCUT2D eigenvalue weighted by atomic mass is 10.1. The molecule has 2 aromatic carbocycles. The highest BCUT2D eigenvalue weighted by molar-refractivity contribution is 9.10. The molecule has 4 heteroatoms. The lowest BCUT2D eigenvalue weighted by molar-refractivity contribution is 0.0601. The Labute approximate surface area is 107 Å². The molecular weight excluding hydrogens is 284 g/mol. The fourth-order valence-corrected chi connectivity index (χ4v) is 2.33. The number of carbonyl (C=O) groups is 1. The smallest absolute Gasteiger partial charge is 0.337 e. The molecule has 0 saturated heterocycles. The van der Waals surface area contributed by atoms with Crippen molar-refractivity contribution >= 4 is 32.7 Å². The summed E-state index contributed by atoms with van der Waals surface area (Å²) in [4.78, 5) is 11.4. The van der Waals surface area contributed by atoms with E-state index in [9.17, 15) is 4.79 Å². The predicted octanol–water partition coefficient (Wildman–Crippen LogP) is 3.40. The third-order valence-electron chi connectivity index (χ3n) is 2.56. The fourth-order valence-electron chi connectivity index (χ4n) is 1.67. The second-order valence-electron chi connectivity index (χ2n) is 3.51. The molecule has 0 fully saturated rings. The van der Waals surface area contributed by atoms with Crippen LogP contribution in [0.4, 0.5) is 0 Å². The minimum absolute atomic E-state index is 0.334. The third kappa shape index (κ3) is 2.13. The number of hydrogen-bond donors (Lipinski definition) is 0. The maximum absolute atomic E-state index is 11.4. The summed E-state index contributed by atoms with van der Waals surface area (Å²) >= 11 is 3.48. The van der Waals surface area contributed by atoms with Crippen molar-refractivity contribution in [1.29, 1.82) is 0 Å². The van der Waals surface area contributed by atoms with Crippen LogP contribution in [0.5, 0.6) is 5.75 Å². The van der Waals surface area contributed by atoms with Crippen molar-refractivity contribution < 1.29 is 14.3 Å². The molecule has 2 rings (SSSR count). The van der Waals surface area contributed by atoms with E-state index < -0.39 is 0 Å². The van der Waals surface area contributed by atoms with Crippen LogP contribution < -0.4 is 4.74 Å². The maximum Gasteiger partial charge on any atom is 0.337 e. The van der Waals surface area contributed by atoms with E-state index in [1.54, 1.807) is 19.2 Å². The topological polar surface area (TPSA) is 35.5 Å². The van der Waals surface area contributed by atoms with Gasteiger partial charge in [0.2, 0.25) is 0 Å². The SMILES string of the molecule is COC(=O)c1ccc2c(Br)c(OC)ccc2c1. The lowest BCUT2D eigenvalue weighted by Crippen LogP contribution is -2.00. The largest absolute Gasteiger partial charge is 0.496 e. The second kappa shape index (κ2) is 4.75. The molecule has 17 heavy (non-hydrogen) atoms. The van der Waals surface area contributed by atoms with Gasteiger partial charge in [0.15, 0.2) is 0 Å². The molecule has 3 nitrogen and oxygen atoms in total. The zero-order chi connectivity index (χ0) is 12.4. The Bertz CT molecular complexity index is 578. The zero-order valence-electron chi connectivity index (χ0n) is 9.49.